The Hall–Kier alpha value is -2.19. The summed E-state index contributed by atoms with van der Waals surface area (Å²) in [7, 11) is -3.60. The van der Waals surface area contributed by atoms with Crippen molar-refractivity contribution in [1.82, 2.24) is 14.5 Å². The Bertz CT molecular complexity index is 978. The Labute approximate surface area is 204 Å². The van der Waals surface area contributed by atoms with E-state index in [2.05, 4.69) is 11.9 Å². The number of nitrogens with one attached hydrogen (secondary N) is 1. The zero-order chi connectivity index (χ0) is 25.1. The lowest BCUT2D eigenvalue weighted by molar-refractivity contribution is -0.132. The van der Waals surface area contributed by atoms with Crippen LogP contribution in [0.3, 0.4) is 0 Å². The molecule has 2 saturated heterocycles. The summed E-state index contributed by atoms with van der Waals surface area (Å²) in [5.41, 5.74) is -0.171. The van der Waals surface area contributed by atoms with Gasteiger partial charge in [-0.25, -0.2) is 8.42 Å². The fourth-order valence-corrected chi connectivity index (χ4v) is 8.55. The number of hydrogen-bond donors (Lipinski definition) is 1. The summed E-state index contributed by atoms with van der Waals surface area (Å²) in [5, 5.41) is 2.44. The molecule has 2 aliphatic heterocycles. The number of sulfonamides is 1. The van der Waals surface area contributed by atoms with Crippen LogP contribution in [0.15, 0.2) is 43.0 Å². The first-order valence-corrected chi connectivity index (χ1v) is 13.7. The van der Waals surface area contributed by atoms with Gasteiger partial charge < -0.3 is 10.2 Å². The van der Waals surface area contributed by atoms with E-state index in [1.54, 1.807) is 4.31 Å². The van der Waals surface area contributed by atoms with Crippen molar-refractivity contribution in [2.75, 3.05) is 13.1 Å². The number of piperidine rings is 2. The number of carbonyl (C=O) groups is 2. The molecule has 1 aromatic rings. The zero-order valence-electron chi connectivity index (χ0n) is 20.9. The SMILES string of the molecule is C=CC(=O)NC1CC(C)(C)N(S(=O)(=O)C2CCN(C(=O)CCc3ccccc3)CC2)C(C)(C)C1. The maximum absolute atomic E-state index is 13.9. The molecule has 188 valence electrons. The summed E-state index contributed by atoms with van der Waals surface area (Å²) in [5.74, 6) is -0.156. The summed E-state index contributed by atoms with van der Waals surface area (Å²) in [6.07, 6.45) is 4.33. The number of carbonyl (C=O) groups excluding carboxylic acids is 2. The second-order valence-corrected chi connectivity index (χ2v) is 12.9. The highest BCUT2D eigenvalue weighted by Gasteiger charge is 2.53. The first-order chi connectivity index (χ1) is 15.9. The molecule has 1 N–H and O–H groups in total. The van der Waals surface area contributed by atoms with Gasteiger partial charge >= 0.3 is 0 Å². The molecule has 0 radical (unpaired) electrons. The smallest absolute Gasteiger partial charge is 0.243 e. The molecular formula is C26H39N3O4S. The molecule has 0 spiro atoms. The molecule has 0 saturated carbocycles. The molecule has 2 fully saturated rings. The minimum atomic E-state index is -3.60. The first kappa shape index (κ1) is 26.4. The van der Waals surface area contributed by atoms with E-state index in [0.717, 1.165) is 5.56 Å². The summed E-state index contributed by atoms with van der Waals surface area (Å²) < 4.78 is 29.4. The Morgan fingerprint density at radius 3 is 2.15 bits per heavy atom. The number of aryl methyl sites for hydroxylation is 1. The summed E-state index contributed by atoms with van der Waals surface area (Å²) in [6, 6.07) is 9.80. The molecule has 0 aliphatic carbocycles. The van der Waals surface area contributed by atoms with Crippen LogP contribution in [-0.4, -0.2) is 64.9 Å². The van der Waals surface area contributed by atoms with Gasteiger partial charge in [0.15, 0.2) is 0 Å². The van der Waals surface area contributed by atoms with Crippen LogP contribution in [0.5, 0.6) is 0 Å². The second kappa shape index (κ2) is 10.2. The fraction of sp³-hybridized carbons (Fsp3) is 0.615. The molecule has 1 aromatic carbocycles. The number of likely N-dealkylation sites (tertiary alicyclic amines) is 1. The van der Waals surface area contributed by atoms with Crippen molar-refractivity contribution in [3.05, 3.63) is 48.6 Å². The molecule has 7 nitrogen and oxygen atoms in total. The molecular weight excluding hydrogens is 450 g/mol. The Kier molecular flexibility index (Phi) is 7.92. The van der Waals surface area contributed by atoms with Crippen molar-refractivity contribution in [1.29, 1.82) is 0 Å². The van der Waals surface area contributed by atoms with E-state index in [1.807, 2.05) is 62.9 Å². The predicted octanol–water partition coefficient (Wildman–Crippen LogP) is 3.26. The molecule has 0 unspecified atom stereocenters. The Morgan fingerprint density at radius 1 is 1.06 bits per heavy atom. The summed E-state index contributed by atoms with van der Waals surface area (Å²) in [6.45, 7) is 12.2. The van der Waals surface area contributed by atoms with Crippen LogP contribution in [0.25, 0.3) is 0 Å². The Balaban J connectivity index is 1.64. The lowest BCUT2D eigenvalue weighted by atomic mass is 9.79. The standard InChI is InChI=1S/C26H39N3O4S/c1-6-23(30)27-21-18-25(2,3)29(26(4,5)19-21)34(32,33)22-14-16-28(17-15-22)24(31)13-12-20-10-8-7-9-11-20/h6-11,21-22H,1,12-19H2,2-5H3,(H,27,30). The highest BCUT2D eigenvalue weighted by atomic mass is 32.2. The number of benzene rings is 1. The van der Waals surface area contributed by atoms with Gasteiger partial charge in [-0.2, -0.15) is 4.31 Å². The van der Waals surface area contributed by atoms with Gasteiger partial charge in [-0.3, -0.25) is 9.59 Å². The van der Waals surface area contributed by atoms with E-state index >= 15 is 0 Å². The van der Waals surface area contributed by atoms with Crippen LogP contribution in [0.4, 0.5) is 0 Å². The summed E-state index contributed by atoms with van der Waals surface area (Å²) >= 11 is 0. The molecule has 0 atom stereocenters. The molecule has 3 rings (SSSR count). The van der Waals surface area contributed by atoms with Crippen molar-refractivity contribution in [3.63, 3.8) is 0 Å². The first-order valence-electron chi connectivity index (χ1n) is 12.2. The Morgan fingerprint density at radius 2 is 1.62 bits per heavy atom. The predicted molar refractivity (Wildman–Crippen MR) is 135 cm³/mol. The maximum atomic E-state index is 13.9. The molecule has 2 amide bonds. The fourth-order valence-electron chi connectivity index (χ4n) is 5.92. The van der Waals surface area contributed by atoms with Gasteiger partial charge in [-0.1, -0.05) is 36.9 Å². The third kappa shape index (κ3) is 5.89. The number of rotatable bonds is 7. The third-order valence-electron chi connectivity index (χ3n) is 7.06. The van der Waals surface area contributed by atoms with E-state index in [9.17, 15) is 18.0 Å². The third-order valence-corrected chi connectivity index (χ3v) is 9.88. The van der Waals surface area contributed by atoms with E-state index in [-0.39, 0.29) is 17.9 Å². The number of hydrogen-bond acceptors (Lipinski definition) is 4. The van der Waals surface area contributed by atoms with Crippen LogP contribution in [0, 0.1) is 0 Å². The van der Waals surface area contributed by atoms with Crippen LogP contribution in [0.1, 0.15) is 65.4 Å². The van der Waals surface area contributed by atoms with Gasteiger partial charge in [-0.05, 0) is 71.4 Å². The zero-order valence-corrected chi connectivity index (χ0v) is 21.7. The van der Waals surface area contributed by atoms with E-state index in [4.69, 9.17) is 0 Å². The number of amides is 2. The topological polar surface area (TPSA) is 86.8 Å². The van der Waals surface area contributed by atoms with Gasteiger partial charge in [0.05, 0.1) is 5.25 Å². The normalized spacial score (nSPS) is 21.7. The van der Waals surface area contributed by atoms with Crippen molar-refractivity contribution in [3.8, 4) is 0 Å². The average molecular weight is 490 g/mol. The van der Waals surface area contributed by atoms with Crippen LogP contribution in [0.2, 0.25) is 0 Å². The van der Waals surface area contributed by atoms with Crippen LogP contribution >= 0.6 is 0 Å². The monoisotopic (exact) mass is 489 g/mol. The van der Waals surface area contributed by atoms with Crippen molar-refractivity contribution in [2.24, 2.45) is 0 Å². The molecule has 0 bridgehead atoms. The molecule has 2 heterocycles. The quantitative estimate of drug-likeness (QED) is 0.596. The highest BCUT2D eigenvalue weighted by molar-refractivity contribution is 7.89. The molecule has 2 aliphatic rings. The summed E-state index contributed by atoms with van der Waals surface area (Å²) in [4.78, 5) is 26.4. The molecule has 34 heavy (non-hydrogen) atoms. The highest BCUT2D eigenvalue weighted by Crippen LogP contribution is 2.42. The minimum absolute atomic E-state index is 0.0825. The number of nitrogens with zero attached hydrogens (tertiary/aromatic N) is 2. The minimum Gasteiger partial charge on any atom is -0.350 e. The van der Waals surface area contributed by atoms with Crippen LogP contribution < -0.4 is 5.32 Å². The van der Waals surface area contributed by atoms with Gasteiger partial charge in [0.2, 0.25) is 21.8 Å². The van der Waals surface area contributed by atoms with Gasteiger partial charge in [0.25, 0.3) is 0 Å². The average Bonchev–Trinajstić information content (AvgIpc) is 2.76. The van der Waals surface area contributed by atoms with Crippen molar-refractivity contribution in [2.45, 2.75) is 88.6 Å². The lowest BCUT2D eigenvalue weighted by Gasteiger charge is -2.55. The van der Waals surface area contributed by atoms with Crippen LogP contribution in [-0.2, 0) is 26.0 Å². The van der Waals surface area contributed by atoms with Crippen molar-refractivity contribution < 1.29 is 18.0 Å². The van der Waals surface area contributed by atoms with E-state index < -0.39 is 26.4 Å². The van der Waals surface area contributed by atoms with E-state index in [0.29, 0.717) is 51.6 Å². The van der Waals surface area contributed by atoms with E-state index in [1.165, 1.54) is 6.08 Å². The van der Waals surface area contributed by atoms with Gasteiger partial charge in [0.1, 0.15) is 0 Å². The molecule has 0 aromatic heterocycles. The largest absolute Gasteiger partial charge is 0.350 e. The second-order valence-electron chi connectivity index (χ2n) is 10.8. The molecule has 8 heteroatoms. The van der Waals surface area contributed by atoms with Gasteiger partial charge in [-0.15, -0.1) is 0 Å². The maximum Gasteiger partial charge on any atom is 0.243 e. The van der Waals surface area contributed by atoms with Gasteiger partial charge in [0, 0.05) is 36.6 Å². The van der Waals surface area contributed by atoms with Crippen molar-refractivity contribution >= 4 is 21.8 Å². The lowest BCUT2D eigenvalue weighted by Crippen LogP contribution is -2.67.